The first-order valence-electron chi connectivity index (χ1n) is 12.9. The first-order chi connectivity index (χ1) is 17.2. The van der Waals surface area contributed by atoms with Crippen molar-refractivity contribution in [2.75, 3.05) is 52.5 Å². The minimum absolute atomic E-state index is 0.0454. The van der Waals surface area contributed by atoms with Crippen LogP contribution in [0.15, 0.2) is 12.7 Å². The number of nitrogens with zero attached hydrogens (tertiary/aromatic N) is 3. The fourth-order valence-electron chi connectivity index (χ4n) is 6.51. The van der Waals surface area contributed by atoms with Crippen LogP contribution >= 0.6 is 27.7 Å². The summed E-state index contributed by atoms with van der Waals surface area (Å²) >= 11 is 5.17. The zero-order valence-corrected chi connectivity index (χ0v) is 23.5. The van der Waals surface area contributed by atoms with Crippen molar-refractivity contribution in [2.45, 2.75) is 53.6 Å². The second-order valence-corrected chi connectivity index (χ2v) is 13.1. The maximum absolute atomic E-state index is 14.4. The van der Waals surface area contributed by atoms with Crippen LogP contribution in [0.25, 0.3) is 0 Å². The van der Waals surface area contributed by atoms with Gasteiger partial charge in [-0.25, -0.2) is 0 Å². The molecule has 0 aromatic carbocycles. The smallest absolute Gasteiger partial charge is 0.308 e. The van der Waals surface area contributed by atoms with E-state index in [-0.39, 0.29) is 34.4 Å². The standard InChI is InChI=1S/C25H38BrN3O6S/c1-4-6-28(8-7-27-9-11-35-12-10-27)23(32)21-25-13-16(26)20(36-25)18(24(33)34)19(25)22(31)29(21)17(14-30)15(3)5-2/h4,15-21,30H,1,5-14H2,2-3H3,(H,33,34)/t15-,16?,17-,18-,19-,20-,21?,25?/m0/s1. The summed E-state index contributed by atoms with van der Waals surface area (Å²) < 4.78 is 4.60. The molecule has 2 bridgehead atoms. The van der Waals surface area contributed by atoms with Crippen molar-refractivity contribution in [3.8, 4) is 0 Å². The highest BCUT2D eigenvalue weighted by atomic mass is 79.9. The molecule has 9 nitrogen and oxygen atoms in total. The number of carboxylic acid groups (broad SMARTS) is 1. The van der Waals surface area contributed by atoms with Crippen LogP contribution in [-0.2, 0) is 19.1 Å². The lowest BCUT2D eigenvalue weighted by Crippen LogP contribution is -2.59. The average molecular weight is 589 g/mol. The number of carboxylic acids is 1. The third-order valence-electron chi connectivity index (χ3n) is 8.54. The number of morpholine rings is 1. The van der Waals surface area contributed by atoms with Gasteiger partial charge in [0.05, 0.1) is 42.4 Å². The van der Waals surface area contributed by atoms with Gasteiger partial charge >= 0.3 is 5.97 Å². The summed E-state index contributed by atoms with van der Waals surface area (Å²) in [6.45, 7) is 12.0. The normalized spacial score (nSPS) is 35.5. The number of rotatable bonds is 11. The van der Waals surface area contributed by atoms with Gasteiger partial charge in [-0.2, -0.15) is 0 Å². The molecule has 202 valence electrons. The zero-order chi connectivity index (χ0) is 26.2. The fraction of sp³-hybridized carbons (Fsp3) is 0.800. The van der Waals surface area contributed by atoms with Gasteiger partial charge in [-0.3, -0.25) is 19.3 Å². The van der Waals surface area contributed by atoms with Gasteiger partial charge in [0.25, 0.3) is 0 Å². The molecule has 0 aliphatic carbocycles. The number of halogens is 1. The lowest BCUT2D eigenvalue weighted by atomic mass is 9.71. The van der Waals surface area contributed by atoms with E-state index in [1.165, 1.54) is 11.8 Å². The van der Waals surface area contributed by atoms with Crippen LogP contribution in [0.1, 0.15) is 26.7 Å². The summed E-state index contributed by atoms with van der Waals surface area (Å²) in [4.78, 5) is 46.3. The number of alkyl halides is 1. The second kappa shape index (κ2) is 11.3. The summed E-state index contributed by atoms with van der Waals surface area (Å²) in [6.07, 6.45) is 2.96. The van der Waals surface area contributed by atoms with Crippen molar-refractivity contribution < 1.29 is 29.3 Å². The summed E-state index contributed by atoms with van der Waals surface area (Å²) in [5, 5.41) is 20.2. The molecule has 0 aromatic rings. The Morgan fingerprint density at radius 2 is 2.08 bits per heavy atom. The van der Waals surface area contributed by atoms with Crippen LogP contribution in [-0.4, -0.2) is 122 Å². The second-order valence-electron chi connectivity index (χ2n) is 10.4. The Bertz CT molecular complexity index is 873. The zero-order valence-electron chi connectivity index (χ0n) is 21.1. The van der Waals surface area contributed by atoms with E-state index in [2.05, 4.69) is 27.4 Å². The van der Waals surface area contributed by atoms with Gasteiger partial charge in [-0.15, -0.1) is 18.3 Å². The quantitative estimate of drug-likeness (QED) is 0.275. The fourth-order valence-corrected chi connectivity index (χ4v) is 10.1. The predicted octanol–water partition coefficient (Wildman–Crippen LogP) is 1.29. The summed E-state index contributed by atoms with van der Waals surface area (Å²) in [7, 11) is 0. The Morgan fingerprint density at radius 1 is 1.39 bits per heavy atom. The van der Waals surface area contributed by atoms with E-state index in [0.29, 0.717) is 39.3 Å². The first kappa shape index (κ1) is 27.9. The van der Waals surface area contributed by atoms with Crippen LogP contribution in [0, 0.1) is 17.8 Å². The predicted molar refractivity (Wildman–Crippen MR) is 141 cm³/mol. The number of amides is 2. The minimum atomic E-state index is -0.996. The highest BCUT2D eigenvalue weighted by Crippen LogP contribution is 2.68. The van der Waals surface area contributed by atoms with Gasteiger partial charge in [0.15, 0.2) is 0 Å². The van der Waals surface area contributed by atoms with Gasteiger partial charge in [-0.1, -0.05) is 42.3 Å². The molecule has 4 saturated heterocycles. The van der Waals surface area contributed by atoms with Crippen molar-refractivity contribution in [1.29, 1.82) is 0 Å². The van der Waals surface area contributed by atoms with Crippen LogP contribution in [0.3, 0.4) is 0 Å². The molecule has 2 amide bonds. The first-order valence-corrected chi connectivity index (χ1v) is 14.7. The van der Waals surface area contributed by atoms with Crippen molar-refractivity contribution in [1.82, 2.24) is 14.7 Å². The van der Waals surface area contributed by atoms with Gasteiger partial charge in [0.1, 0.15) is 6.04 Å². The highest BCUT2D eigenvalue weighted by molar-refractivity contribution is 9.09. The topological polar surface area (TPSA) is 111 Å². The number of likely N-dealkylation sites (tertiary alicyclic amines) is 1. The monoisotopic (exact) mass is 587 g/mol. The summed E-state index contributed by atoms with van der Waals surface area (Å²) in [5.41, 5.74) is 0. The maximum atomic E-state index is 14.4. The van der Waals surface area contributed by atoms with Crippen molar-refractivity contribution >= 4 is 45.5 Å². The number of aliphatic carboxylic acids is 1. The van der Waals surface area contributed by atoms with Crippen LogP contribution in [0.2, 0.25) is 0 Å². The maximum Gasteiger partial charge on any atom is 0.308 e. The molecule has 3 unspecified atom stereocenters. The molecule has 0 saturated carbocycles. The number of aliphatic hydroxyl groups is 1. The van der Waals surface area contributed by atoms with Crippen LogP contribution < -0.4 is 0 Å². The Kier molecular flexibility index (Phi) is 8.76. The number of ether oxygens (including phenoxy) is 1. The summed E-state index contributed by atoms with van der Waals surface area (Å²) in [6, 6.07) is -1.38. The number of hydrogen-bond acceptors (Lipinski definition) is 7. The number of fused-ring (bicyclic) bond motifs is 1. The molecule has 0 aromatic heterocycles. The van der Waals surface area contributed by atoms with E-state index < -0.39 is 34.6 Å². The minimum Gasteiger partial charge on any atom is -0.481 e. The van der Waals surface area contributed by atoms with Crippen LogP contribution in [0.4, 0.5) is 0 Å². The summed E-state index contributed by atoms with van der Waals surface area (Å²) in [5.74, 6) is -3.17. The number of carbonyl (C=O) groups excluding carboxylic acids is 2. The van der Waals surface area contributed by atoms with Crippen molar-refractivity contribution in [3.05, 3.63) is 12.7 Å². The Morgan fingerprint density at radius 3 is 2.67 bits per heavy atom. The molecule has 4 heterocycles. The van der Waals surface area contributed by atoms with Gasteiger partial charge in [0, 0.05) is 42.8 Å². The molecule has 1 spiro atoms. The highest BCUT2D eigenvalue weighted by Gasteiger charge is 2.76. The molecule has 0 radical (unpaired) electrons. The molecular weight excluding hydrogens is 550 g/mol. The number of carbonyl (C=O) groups is 3. The molecule has 4 aliphatic heterocycles. The van der Waals surface area contributed by atoms with Crippen LogP contribution in [0.5, 0.6) is 0 Å². The number of aliphatic hydroxyl groups excluding tert-OH is 1. The van der Waals surface area contributed by atoms with E-state index in [9.17, 15) is 24.6 Å². The molecule has 4 fully saturated rings. The van der Waals surface area contributed by atoms with Gasteiger partial charge in [0.2, 0.25) is 11.8 Å². The largest absolute Gasteiger partial charge is 0.481 e. The Balaban J connectivity index is 1.71. The number of thioether (sulfide) groups is 1. The third kappa shape index (κ3) is 4.63. The molecule has 8 atom stereocenters. The Hall–Kier alpha value is -1.14. The molecule has 4 rings (SSSR count). The van der Waals surface area contributed by atoms with E-state index in [4.69, 9.17) is 4.74 Å². The van der Waals surface area contributed by atoms with E-state index >= 15 is 0 Å². The van der Waals surface area contributed by atoms with E-state index in [1.807, 2.05) is 13.8 Å². The average Bonchev–Trinajstić information content (AvgIpc) is 3.46. The van der Waals surface area contributed by atoms with Gasteiger partial charge < -0.3 is 24.7 Å². The molecular formula is C25H38BrN3O6S. The molecule has 36 heavy (non-hydrogen) atoms. The molecule has 2 N–H and O–H groups in total. The lowest BCUT2D eigenvalue weighted by Gasteiger charge is -2.41. The lowest BCUT2D eigenvalue weighted by molar-refractivity contribution is -0.150. The SMILES string of the molecule is C=CCN(CCN1CCOCC1)C(=O)C1N([C@@H](CO)[C@@H](C)CC)C(=O)[C@@H]2[C@H](C(=O)O)[C@H]3SC12CC3Br. The molecule has 11 heteroatoms. The van der Waals surface area contributed by atoms with E-state index in [1.54, 1.807) is 15.9 Å². The third-order valence-corrected chi connectivity index (χ3v) is 11.8. The Labute approximate surface area is 225 Å². The van der Waals surface area contributed by atoms with Crippen molar-refractivity contribution in [2.24, 2.45) is 17.8 Å². The van der Waals surface area contributed by atoms with Gasteiger partial charge in [-0.05, 0) is 12.3 Å². The molecule has 4 aliphatic rings. The number of hydrogen-bond donors (Lipinski definition) is 2. The van der Waals surface area contributed by atoms with Crippen molar-refractivity contribution in [3.63, 3.8) is 0 Å². The van der Waals surface area contributed by atoms with E-state index in [0.717, 1.165) is 19.5 Å².